The Morgan fingerprint density at radius 1 is 1.21 bits per heavy atom. The Labute approximate surface area is 200 Å². The molecule has 0 unspecified atom stereocenters. The van der Waals surface area contributed by atoms with Crippen molar-refractivity contribution < 1.29 is 9.47 Å². The second-order valence-electron chi connectivity index (χ2n) is 9.77. The average molecular weight is 493 g/mol. The van der Waals surface area contributed by atoms with Crippen LogP contribution in [0.5, 0.6) is 0 Å². The maximum Gasteiger partial charge on any atom is 0.292 e. The molecule has 0 saturated carbocycles. The van der Waals surface area contributed by atoms with Crippen LogP contribution in [-0.4, -0.2) is 79.8 Å². The minimum Gasteiger partial charge on any atom is -0.378 e. The maximum absolute atomic E-state index is 12.8. The van der Waals surface area contributed by atoms with E-state index in [4.69, 9.17) is 21.1 Å². The normalized spacial score (nSPS) is 17.8. The number of ether oxygens (including phenoxy) is 2. The lowest BCUT2D eigenvalue weighted by Crippen LogP contribution is -2.56. The average Bonchev–Trinajstić information content (AvgIpc) is 2.73. The number of nitrogens with zero attached hydrogens (tertiary/aromatic N) is 5. The molecule has 0 aromatic carbocycles. The summed E-state index contributed by atoms with van der Waals surface area (Å²) in [6, 6.07) is 7.02. The van der Waals surface area contributed by atoms with E-state index in [0.717, 1.165) is 51.1 Å². The van der Waals surface area contributed by atoms with Crippen molar-refractivity contribution >= 4 is 36.9 Å². The molecule has 2 aliphatic rings. The summed E-state index contributed by atoms with van der Waals surface area (Å²) in [7, 11) is -1.20. The van der Waals surface area contributed by atoms with Crippen LogP contribution >= 0.6 is 11.6 Å². The van der Waals surface area contributed by atoms with Gasteiger partial charge in [-0.1, -0.05) is 31.2 Å². The zero-order chi connectivity index (χ0) is 23.4. The van der Waals surface area contributed by atoms with E-state index in [0.29, 0.717) is 24.2 Å². The summed E-state index contributed by atoms with van der Waals surface area (Å²) in [5, 5.41) is 7.39. The lowest BCUT2D eigenvalue weighted by Gasteiger charge is -2.43. The van der Waals surface area contributed by atoms with E-state index in [1.54, 1.807) is 0 Å². The Morgan fingerprint density at radius 2 is 1.97 bits per heavy atom. The number of piperazine rings is 1. The van der Waals surface area contributed by atoms with Crippen LogP contribution in [0, 0.1) is 0 Å². The van der Waals surface area contributed by atoms with Crippen LogP contribution in [0.4, 0.5) is 17.2 Å². The highest BCUT2D eigenvalue weighted by atomic mass is 35.5. The minimum absolute atomic E-state index is 0.0733. The first-order valence-corrected chi connectivity index (χ1v) is 15.5. The highest BCUT2D eigenvalue weighted by Crippen LogP contribution is 2.21. The van der Waals surface area contributed by atoms with Crippen LogP contribution in [0.3, 0.4) is 0 Å². The molecular formula is C22H33ClN6O3Si. The lowest BCUT2D eigenvalue weighted by atomic mass is 10.2. The van der Waals surface area contributed by atoms with E-state index in [2.05, 4.69) is 44.8 Å². The van der Waals surface area contributed by atoms with Gasteiger partial charge in [-0.05, 0) is 18.2 Å². The fraction of sp³-hybridized carbons (Fsp3) is 0.591. The van der Waals surface area contributed by atoms with Gasteiger partial charge in [-0.15, -0.1) is 0 Å². The van der Waals surface area contributed by atoms with Gasteiger partial charge in [-0.2, -0.15) is 5.10 Å². The summed E-state index contributed by atoms with van der Waals surface area (Å²) in [6.45, 7) is 13.2. The molecule has 0 amide bonds. The van der Waals surface area contributed by atoms with Crippen molar-refractivity contribution in [1.29, 1.82) is 0 Å². The topological polar surface area (TPSA) is 84.8 Å². The predicted molar refractivity (Wildman–Crippen MR) is 134 cm³/mol. The molecule has 180 valence electrons. The summed E-state index contributed by atoms with van der Waals surface area (Å²) in [5.41, 5.74) is 1.10. The number of rotatable bonds is 9. The number of nitrogens with one attached hydrogen (secondary N) is 1. The molecule has 2 aromatic rings. The molecule has 11 heteroatoms. The molecule has 0 radical (unpaired) electrons. The summed E-state index contributed by atoms with van der Waals surface area (Å²) >= 11 is 6.15. The summed E-state index contributed by atoms with van der Waals surface area (Å²) in [5.74, 6) is 0.578. The Morgan fingerprint density at radius 3 is 2.58 bits per heavy atom. The monoisotopic (exact) mass is 492 g/mol. The Kier molecular flexibility index (Phi) is 7.70. The molecule has 2 aliphatic heterocycles. The van der Waals surface area contributed by atoms with Gasteiger partial charge in [0.25, 0.3) is 5.56 Å². The SMILES string of the molecule is C[Si](C)(C)CCOCn1nc(Cl)cc(Nc2ccc(N3CCN(C4COC4)CC3)cn2)c1=O. The maximum atomic E-state index is 12.8. The number of hydrogen-bond acceptors (Lipinski definition) is 8. The first-order valence-electron chi connectivity index (χ1n) is 11.4. The van der Waals surface area contributed by atoms with E-state index in [-0.39, 0.29) is 17.4 Å². The molecule has 9 nitrogen and oxygen atoms in total. The van der Waals surface area contributed by atoms with Crippen molar-refractivity contribution in [2.24, 2.45) is 0 Å². The second kappa shape index (κ2) is 10.5. The van der Waals surface area contributed by atoms with E-state index in [1.165, 1.54) is 10.7 Å². The molecular weight excluding hydrogens is 460 g/mol. The zero-order valence-corrected chi connectivity index (χ0v) is 21.3. The number of anilines is 3. The molecule has 33 heavy (non-hydrogen) atoms. The first kappa shape index (κ1) is 24.2. The van der Waals surface area contributed by atoms with Gasteiger partial charge in [-0.3, -0.25) is 9.69 Å². The van der Waals surface area contributed by atoms with E-state index in [1.807, 2.05) is 18.3 Å². The molecule has 0 aliphatic carbocycles. The van der Waals surface area contributed by atoms with Crippen LogP contribution in [0.1, 0.15) is 0 Å². The summed E-state index contributed by atoms with van der Waals surface area (Å²) < 4.78 is 12.2. The van der Waals surface area contributed by atoms with Crippen LogP contribution in [0.2, 0.25) is 30.8 Å². The molecule has 0 atom stereocenters. The third kappa shape index (κ3) is 6.54. The van der Waals surface area contributed by atoms with Gasteiger partial charge in [-0.25, -0.2) is 9.67 Å². The number of halogens is 1. The van der Waals surface area contributed by atoms with Gasteiger partial charge in [0, 0.05) is 46.9 Å². The van der Waals surface area contributed by atoms with Crippen molar-refractivity contribution in [3.05, 3.63) is 39.9 Å². The smallest absolute Gasteiger partial charge is 0.292 e. The van der Waals surface area contributed by atoms with E-state index < -0.39 is 8.07 Å². The Bertz CT molecular complexity index is 985. The van der Waals surface area contributed by atoms with Crippen molar-refractivity contribution in [3.63, 3.8) is 0 Å². The molecule has 2 fully saturated rings. The second-order valence-corrected chi connectivity index (χ2v) is 15.8. The van der Waals surface area contributed by atoms with Crippen LogP contribution in [0.15, 0.2) is 29.2 Å². The van der Waals surface area contributed by atoms with Crippen molar-refractivity contribution in [2.45, 2.75) is 38.5 Å². The van der Waals surface area contributed by atoms with Gasteiger partial charge in [0.1, 0.15) is 18.2 Å². The van der Waals surface area contributed by atoms with Gasteiger partial charge in [0.15, 0.2) is 5.15 Å². The molecule has 1 N–H and O–H groups in total. The quantitative estimate of drug-likeness (QED) is 0.422. The largest absolute Gasteiger partial charge is 0.378 e. The Hall–Kier alpha value is -1.98. The molecule has 2 saturated heterocycles. The van der Waals surface area contributed by atoms with Crippen LogP contribution in [-0.2, 0) is 16.2 Å². The molecule has 0 spiro atoms. The molecule has 0 bridgehead atoms. The predicted octanol–water partition coefficient (Wildman–Crippen LogP) is 2.87. The van der Waals surface area contributed by atoms with Crippen molar-refractivity contribution in [1.82, 2.24) is 19.7 Å². The molecule has 4 heterocycles. The van der Waals surface area contributed by atoms with Crippen LogP contribution in [0.25, 0.3) is 0 Å². The minimum atomic E-state index is -1.20. The van der Waals surface area contributed by atoms with E-state index in [9.17, 15) is 4.79 Å². The Balaban J connectivity index is 1.34. The van der Waals surface area contributed by atoms with Crippen molar-refractivity contribution in [2.75, 3.05) is 56.2 Å². The van der Waals surface area contributed by atoms with Gasteiger partial charge < -0.3 is 19.7 Å². The third-order valence-corrected chi connectivity index (χ3v) is 7.87. The van der Waals surface area contributed by atoms with Gasteiger partial charge >= 0.3 is 0 Å². The summed E-state index contributed by atoms with van der Waals surface area (Å²) in [6.07, 6.45) is 1.84. The fourth-order valence-electron chi connectivity index (χ4n) is 3.78. The highest BCUT2D eigenvalue weighted by Gasteiger charge is 2.28. The fourth-order valence-corrected chi connectivity index (χ4v) is 4.74. The van der Waals surface area contributed by atoms with Crippen molar-refractivity contribution in [3.8, 4) is 0 Å². The van der Waals surface area contributed by atoms with Gasteiger partial charge in [0.05, 0.1) is 31.1 Å². The van der Waals surface area contributed by atoms with Crippen LogP contribution < -0.4 is 15.8 Å². The standard InChI is InChI=1S/C22H33ClN6O3Si/c1-33(2,3)11-10-31-16-29-22(30)19(12-20(23)26-29)25-21-5-4-17(13-24-21)27-6-8-28(9-7-27)18-14-32-15-18/h4-5,12-13,18H,6-11,14-16H2,1-3H3,(H,24,25). The molecule has 2 aromatic heterocycles. The lowest BCUT2D eigenvalue weighted by molar-refractivity contribution is -0.0660. The number of aromatic nitrogens is 3. The summed E-state index contributed by atoms with van der Waals surface area (Å²) in [4.78, 5) is 22.1. The third-order valence-electron chi connectivity index (χ3n) is 5.98. The molecule has 4 rings (SSSR count). The number of pyridine rings is 1. The van der Waals surface area contributed by atoms with E-state index >= 15 is 0 Å². The number of hydrogen-bond donors (Lipinski definition) is 1. The highest BCUT2D eigenvalue weighted by molar-refractivity contribution is 6.76. The first-order chi connectivity index (χ1) is 15.8. The van der Waals surface area contributed by atoms with Gasteiger partial charge in [0.2, 0.25) is 0 Å². The zero-order valence-electron chi connectivity index (χ0n) is 19.6.